The summed E-state index contributed by atoms with van der Waals surface area (Å²) < 4.78 is 0.731. The predicted octanol–water partition coefficient (Wildman–Crippen LogP) is 4.12. The van der Waals surface area contributed by atoms with Crippen LogP contribution in [-0.4, -0.2) is 10.9 Å². The molecular formula is C11H8BrClN2OS. The molecule has 0 saturated heterocycles. The molecule has 2 rings (SSSR count). The van der Waals surface area contributed by atoms with E-state index in [0.717, 1.165) is 8.79 Å². The van der Waals surface area contributed by atoms with Crippen molar-refractivity contribution < 1.29 is 4.79 Å². The van der Waals surface area contributed by atoms with E-state index in [1.807, 2.05) is 6.92 Å². The molecular weight excluding hydrogens is 324 g/mol. The number of aryl methyl sites for hydroxylation is 1. The quantitative estimate of drug-likeness (QED) is 0.899. The van der Waals surface area contributed by atoms with E-state index in [1.54, 1.807) is 24.3 Å². The Morgan fingerprint density at radius 3 is 2.88 bits per heavy atom. The molecule has 88 valence electrons. The average Bonchev–Trinajstić information content (AvgIpc) is 2.58. The Hall–Kier alpha value is -0.910. The first-order valence-electron chi connectivity index (χ1n) is 4.76. The van der Waals surface area contributed by atoms with Gasteiger partial charge in [0.05, 0.1) is 5.01 Å². The number of carbonyl (C=O) groups is 1. The average molecular weight is 332 g/mol. The topological polar surface area (TPSA) is 42.0 Å². The van der Waals surface area contributed by atoms with Crippen LogP contribution in [0.1, 0.15) is 15.5 Å². The molecule has 0 fully saturated rings. The van der Waals surface area contributed by atoms with Crippen LogP contribution in [0.2, 0.25) is 5.02 Å². The van der Waals surface area contributed by atoms with Crippen LogP contribution in [0, 0.1) is 6.92 Å². The number of halogens is 2. The van der Waals surface area contributed by atoms with E-state index in [0.29, 0.717) is 16.4 Å². The Bertz CT molecular complexity index is 570. The van der Waals surface area contributed by atoms with Crippen LogP contribution in [-0.2, 0) is 0 Å². The highest BCUT2D eigenvalue weighted by molar-refractivity contribution is 9.11. The van der Waals surface area contributed by atoms with Gasteiger partial charge < -0.3 is 5.32 Å². The van der Waals surface area contributed by atoms with Crippen LogP contribution in [0.5, 0.6) is 0 Å². The fourth-order valence-corrected chi connectivity index (χ4v) is 3.09. The van der Waals surface area contributed by atoms with E-state index in [2.05, 4.69) is 26.2 Å². The second-order valence-electron chi connectivity index (χ2n) is 3.32. The molecule has 0 aliphatic heterocycles. The van der Waals surface area contributed by atoms with Crippen molar-refractivity contribution >= 4 is 50.5 Å². The minimum absolute atomic E-state index is 0.247. The third-order valence-corrected chi connectivity index (χ3v) is 3.85. The molecule has 1 amide bonds. The summed E-state index contributed by atoms with van der Waals surface area (Å²) in [6.45, 7) is 1.85. The molecule has 2 aromatic rings. The van der Waals surface area contributed by atoms with Gasteiger partial charge >= 0.3 is 0 Å². The minimum Gasteiger partial charge on any atom is -0.321 e. The van der Waals surface area contributed by atoms with E-state index >= 15 is 0 Å². The van der Waals surface area contributed by atoms with Crippen LogP contribution < -0.4 is 5.32 Å². The van der Waals surface area contributed by atoms with Gasteiger partial charge in [0.2, 0.25) is 0 Å². The number of hydrogen-bond acceptors (Lipinski definition) is 3. The summed E-state index contributed by atoms with van der Waals surface area (Å²) in [5.41, 5.74) is 1.05. The van der Waals surface area contributed by atoms with Gasteiger partial charge in [0.1, 0.15) is 3.79 Å². The third-order valence-electron chi connectivity index (χ3n) is 1.99. The Balaban J connectivity index is 2.20. The first kappa shape index (κ1) is 12.5. The summed E-state index contributed by atoms with van der Waals surface area (Å²) >= 11 is 10.6. The molecule has 1 aromatic carbocycles. The van der Waals surface area contributed by atoms with Gasteiger partial charge in [0.15, 0.2) is 5.69 Å². The molecule has 0 saturated carbocycles. The van der Waals surface area contributed by atoms with Gasteiger partial charge in [-0.05, 0) is 41.1 Å². The van der Waals surface area contributed by atoms with Gasteiger partial charge in [-0.2, -0.15) is 0 Å². The third kappa shape index (κ3) is 3.06. The van der Waals surface area contributed by atoms with Gasteiger partial charge in [-0.3, -0.25) is 4.79 Å². The number of amides is 1. The summed E-state index contributed by atoms with van der Waals surface area (Å²) in [4.78, 5) is 16.1. The molecule has 0 radical (unpaired) electrons. The Morgan fingerprint density at radius 2 is 2.29 bits per heavy atom. The SMILES string of the molecule is Cc1nc(C(=O)Nc2cccc(Cl)c2)c(Br)s1. The molecule has 1 N–H and O–H groups in total. The lowest BCUT2D eigenvalue weighted by Gasteiger charge is -2.03. The van der Waals surface area contributed by atoms with E-state index in [4.69, 9.17) is 11.6 Å². The molecule has 17 heavy (non-hydrogen) atoms. The zero-order chi connectivity index (χ0) is 12.4. The largest absolute Gasteiger partial charge is 0.321 e. The van der Waals surface area contributed by atoms with E-state index in [-0.39, 0.29) is 5.91 Å². The monoisotopic (exact) mass is 330 g/mol. The zero-order valence-electron chi connectivity index (χ0n) is 8.83. The molecule has 0 aliphatic rings. The summed E-state index contributed by atoms with van der Waals surface area (Å²) in [6, 6.07) is 6.99. The Morgan fingerprint density at radius 1 is 1.53 bits per heavy atom. The highest BCUT2D eigenvalue weighted by Gasteiger charge is 2.15. The van der Waals surface area contributed by atoms with Crippen molar-refractivity contribution in [1.29, 1.82) is 0 Å². The summed E-state index contributed by atoms with van der Waals surface area (Å²) in [5.74, 6) is -0.247. The van der Waals surface area contributed by atoms with Crippen molar-refractivity contribution in [3.8, 4) is 0 Å². The lowest BCUT2D eigenvalue weighted by molar-refractivity contribution is 0.102. The number of anilines is 1. The van der Waals surface area contributed by atoms with Crippen molar-refractivity contribution in [2.24, 2.45) is 0 Å². The smallest absolute Gasteiger partial charge is 0.276 e. The molecule has 0 aliphatic carbocycles. The number of carbonyl (C=O) groups excluding carboxylic acids is 1. The second kappa shape index (κ2) is 5.16. The van der Waals surface area contributed by atoms with Crippen LogP contribution >= 0.6 is 38.9 Å². The van der Waals surface area contributed by atoms with Crippen LogP contribution in [0.25, 0.3) is 0 Å². The van der Waals surface area contributed by atoms with Gasteiger partial charge in [-0.25, -0.2) is 4.98 Å². The first-order valence-corrected chi connectivity index (χ1v) is 6.75. The standard InChI is InChI=1S/C11H8BrClN2OS/c1-6-14-9(10(12)17-6)11(16)15-8-4-2-3-7(13)5-8/h2-5H,1H3,(H,15,16). The number of thiazole rings is 1. The maximum atomic E-state index is 11.9. The number of hydrogen-bond donors (Lipinski definition) is 1. The van der Waals surface area contributed by atoms with Crippen LogP contribution in [0.3, 0.4) is 0 Å². The van der Waals surface area contributed by atoms with E-state index in [9.17, 15) is 4.79 Å². The number of nitrogens with zero attached hydrogens (tertiary/aromatic N) is 1. The lowest BCUT2D eigenvalue weighted by Crippen LogP contribution is -2.12. The zero-order valence-corrected chi connectivity index (χ0v) is 12.0. The van der Waals surface area contributed by atoms with Crippen LogP contribution in [0.4, 0.5) is 5.69 Å². The highest BCUT2D eigenvalue weighted by atomic mass is 79.9. The van der Waals surface area contributed by atoms with Gasteiger partial charge in [0.25, 0.3) is 5.91 Å². The maximum Gasteiger partial charge on any atom is 0.276 e. The van der Waals surface area contributed by atoms with Crippen molar-refractivity contribution in [3.05, 3.63) is 43.8 Å². The molecule has 0 spiro atoms. The lowest BCUT2D eigenvalue weighted by atomic mass is 10.3. The van der Waals surface area contributed by atoms with Crippen LogP contribution in [0.15, 0.2) is 28.1 Å². The van der Waals surface area contributed by atoms with Crippen molar-refractivity contribution in [3.63, 3.8) is 0 Å². The second-order valence-corrected chi connectivity index (χ2v) is 6.28. The first-order chi connectivity index (χ1) is 8.06. The number of rotatable bonds is 2. The molecule has 6 heteroatoms. The van der Waals surface area contributed by atoms with Gasteiger partial charge in [0, 0.05) is 10.7 Å². The fourth-order valence-electron chi connectivity index (χ4n) is 1.30. The number of aromatic nitrogens is 1. The fraction of sp³-hybridized carbons (Fsp3) is 0.0909. The minimum atomic E-state index is -0.247. The number of benzene rings is 1. The molecule has 0 atom stereocenters. The Kier molecular flexibility index (Phi) is 3.81. The molecule has 0 unspecified atom stereocenters. The molecule has 1 aromatic heterocycles. The molecule has 1 heterocycles. The van der Waals surface area contributed by atoms with Gasteiger partial charge in [-0.1, -0.05) is 17.7 Å². The molecule has 3 nitrogen and oxygen atoms in total. The molecule has 0 bridgehead atoms. The summed E-state index contributed by atoms with van der Waals surface area (Å²) in [7, 11) is 0. The van der Waals surface area contributed by atoms with E-state index in [1.165, 1.54) is 11.3 Å². The van der Waals surface area contributed by atoms with Crippen molar-refractivity contribution in [2.75, 3.05) is 5.32 Å². The summed E-state index contributed by atoms with van der Waals surface area (Å²) in [6.07, 6.45) is 0. The number of nitrogens with one attached hydrogen (secondary N) is 1. The predicted molar refractivity (Wildman–Crippen MR) is 74.0 cm³/mol. The Labute approximate surface area is 116 Å². The van der Waals surface area contributed by atoms with Gasteiger partial charge in [-0.15, -0.1) is 11.3 Å². The highest BCUT2D eigenvalue weighted by Crippen LogP contribution is 2.25. The van der Waals surface area contributed by atoms with Crippen molar-refractivity contribution in [1.82, 2.24) is 4.98 Å². The normalized spacial score (nSPS) is 10.3. The van der Waals surface area contributed by atoms with E-state index < -0.39 is 0 Å². The maximum absolute atomic E-state index is 11.9. The summed E-state index contributed by atoms with van der Waals surface area (Å²) in [5, 5.41) is 4.16. The van der Waals surface area contributed by atoms with Crippen molar-refractivity contribution in [2.45, 2.75) is 6.92 Å².